The van der Waals surface area contributed by atoms with Gasteiger partial charge in [-0.3, -0.25) is 0 Å². The Balaban J connectivity index is 2.82. The highest BCUT2D eigenvalue weighted by atomic mass is 14.7. The van der Waals surface area contributed by atoms with Gasteiger partial charge in [-0.2, -0.15) is 0 Å². The van der Waals surface area contributed by atoms with Crippen LogP contribution < -0.4 is 5.73 Å². The second-order valence-electron chi connectivity index (χ2n) is 5.36. The number of rotatable bonds is 6. The average Bonchev–Trinajstić information content (AvgIpc) is 2.25. The molecule has 0 spiro atoms. The molecule has 0 aromatic carbocycles. The maximum absolute atomic E-state index is 6.11. The van der Waals surface area contributed by atoms with Crippen LogP contribution in [0.25, 0.3) is 0 Å². The van der Waals surface area contributed by atoms with Crippen molar-refractivity contribution in [3.05, 3.63) is 25.3 Å². The molecule has 0 aliphatic heterocycles. The maximum atomic E-state index is 6.11. The summed E-state index contributed by atoms with van der Waals surface area (Å²) in [4.78, 5) is 0. The summed E-state index contributed by atoms with van der Waals surface area (Å²) in [7, 11) is 0. The lowest BCUT2D eigenvalue weighted by molar-refractivity contribution is 0.0756. The second-order valence-corrected chi connectivity index (χ2v) is 5.36. The summed E-state index contributed by atoms with van der Waals surface area (Å²) >= 11 is 0. The number of hydrogen-bond acceptors (Lipinski definition) is 1. The molecule has 0 aromatic rings. The molecule has 3 atom stereocenters. The molecule has 1 heteroatoms. The molecule has 16 heavy (non-hydrogen) atoms. The number of hydrogen-bond donors (Lipinski definition) is 1. The molecule has 0 amide bonds. The van der Waals surface area contributed by atoms with E-state index in [1.165, 1.54) is 32.1 Å². The van der Waals surface area contributed by atoms with Gasteiger partial charge in [-0.05, 0) is 49.9 Å². The Morgan fingerprint density at radius 2 is 2.12 bits per heavy atom. The van der Waals surface area contributed by atoms with Crippen LogP contribution in [0.3, 0.4) is 0 Å². The van der Waals surface area contributed by atoms with E-state index < -0.39 is 0 Å². The monoisotopic (exact) mass is 221 g/mol. The molecule has 0 radical (unpaired) electrons. The van der Waals surface area contributed by atoms with Gasteiger partial charge in [0, 0.05) is 6.04 Å². The van der Waals surface area contributed by atoms with Gasteiger partial charge in [0.25, 0.3) is 0 Å². The number of nitrogens with two attached hydrogens (primary N) is 1. The predicted octanol–water partition coefficient (Wildman–Crippen LogP) is 4.05. The molecule has 1 saturated carbocycles. The van der Waals surface area contributed by atoms with Crippen LogP contribution in [-0.2, 0) is 0 Å². The van der Waals surface area contributed by atoms with Gasteiger partial charge < -0.3 is 5.73 Å². The van der Waals surface area contributed by atoms with Crippen LogP contribution >= 0.6 is 0 Å². The predicted molar refractivity (Wildman–Crippen MR) is 72.3 cm³/mol. The third kappa shape index (κ3) is 2.98. The van der Waals surface area contributed by atoms with Gasteiger partial charge in [-0.25, -0.2) is 0 Å². The summed E-state index contributed by atoms with van der Waals surface area (Å²) < 4.78 is 0. The summed E-state index contributed by atoms with van der Waals surface area (Å²) in [6.45, 7) is 10.1. The summed E-state index contributed by atoms with van der Waals surface area (Å²) in [6.07, 6.45) is 12.6. The molecule has 1 aliphatic rings. The molecule has 0 aromatic heterocycles. The van der Waals surface area contributed by atoms with Crippen LogP contribution in [0.2, 0.25) is 0 Å². The molecule has 2 N–H and O–H groups in total. The van der Waals surface area contributed by atoms with Crippen LogP contribution in [0.1, 0.15) is 51.9 Å². The summed E-state index contributed by atoms with van der Waals surface area (Å²) in [5.41, 5.74) is 6.57. The molecule has 1 rings (SSSR count). The third-order valence-corrected chi connectivity index (χ3v) is 4.22. The van der Waals surface area contributed by atoms with E-state index in [-0.39, 0.29) is 0 Å². The van der Waals surface area contributed by atoms with Crippen molar-refractivity contribution in [2.45, 2.75) is 57.9 Å². The zero-order chi connectivity index (χ0) is 12.0. The lowest BCUT2D eigenvalue weighted by Gasteiger charge is -2.46. The largest absolute Gasteiger partial charge is 0.328 e. The maximum Gasteiger partial charge on any atom is 0.00419 e. The fourth-order valence-corrected chi connectivity index (χ4v) is 3.44. The second kappa shape index (κ2) is 6.24. The first kappa shape index (κ1) is 13.5. The average molecular weight is 221 g/mol. The molecule has 3 unspecified atom stereocenters. The molecule has 1 nitrogen and oxygen atoms in total. The highest BCUT2D eigenvalue weighted by Crippen LogP contribution is 2.48. The lowest BCUT2D eigenvalue weighted by atomic mass is 9.60. The minimum Gasteiger partial charge on any atom is -0.328 e. The first-order chi connectivity index (χ1) is 7.68. The quantitative estimate of drug-likeness (QED) is 0.673. The Morgan fingerprint density at radius 1 is 1.38 bits per heavy atom. The minimum atomic E-state index is 0.403. The van der Waals surface area contributed by atoms with Crippen LogP contribution in [-0.4, -0.2) is 6.04 Å². The Morgan fingerprint density at radius 3 is 2.69 bits per heavy atom. The van der Waals surface area contributed by atoms with Gasteiger partial charge in [-0.1, -0.05) is 25.5 Å². The molecular formula is C15H27N. The molecule has 0 heterocycles. The van der Waals surface area contributed by atoms with Crippen molar-refractivity contribution in [2.75, 3.05) is 0 Å². The van der Waals surface area contributed by atoms with Crippen molar-refractivity contribution in [1.29, 1.82) is 0 Å². The summed E-state index contributed by atoms with van der Waals surface area (Å²) in [5.74, 6) is 0.715. The van der Waals surface area contributed by atoms with Crippen molar-refractivity contribution < 1.29 is 0 Å². The van der Waals surface area contributed by atoms with Crippen LogP contribution in [0.4, 0.5) is 0 Å². The first-order valence-corrected chi connectivity index (χ1v) is 6.66. The highest BCUT2D eigenvalue weighted by Gasteiger charge is 2.40. The normalized spacial score (nSPS) is 34.6. The minimum absolute atomic E-state index is 0.403. The first-order valence-electron chi connectivity index (χ1n) is 6.66. The summed E-state index contributed by atoms with van der Waals surface area (Å²) in [5, 5.41) is 0. The highest BCUT2D eigenvalue weighted by molar-refractivity contribution is 4.98. The van der Waals surface area contributed by atoms with Crippen molar-refractivity contribution in [1.82, 2.24) is 0 Å². The fraction of sp³-hybridized carbons (Fsp3) is 0.733. The SMILES string of the molecule is C=CCC1CC(N)CCC1(CC=C)CCC. The number of allylic oxidation sites excluding steroid dienone is 2. The summed E-state index contributed by atoms with van der Waals surface area (Å²) in [6, 6.07) is 0.403. The molecule has 1 aliphatic carbocycles. The van der Waals surface area contributed by atoms with Crippen molar-refractivity contribution in [3.8, 4) is 0 Å². The lowest BCUT2D eigenvalue weighted by Crippen LogP contribution is -2.41. The standard InChI is InChI=1S/C15H27N/c1-4-7-13-12-14(16)8-11-15(13,9-5-2)10-6-3/h4-5,13-14H,1-2,6-12,16H2,3H3. The van der Waals surface area contributed by atoms with E-state index in [0.29, 0.717) is 17.4 Å². The third-order valence-electron chi connectivity index (χ3n) is 4.22. The molecule has 0 saturated heterocycles. The van der Waals surface area contributed by atoms with Gasteiger partial charge in [0.05, 0.1) is 0 Å². The van der Waals surface area contributed by atoms with Gasteiger partial charge >= 0.3 is 0 Å². The van der Waals surface area contributed by atoms with Gasteiger partial charge in [0.2, 0.25) is 0 Å². The molecule has 92 valence electrons. The van der Waals surface area contributed by atoms with Crippen LogP contribution in [0.5, 0.6) is 0 Å². The van der Waals surface area contributed by atoms with Crippen molar-refractivity contribution >= 4 is 0 Å². The topological polar surface area (TPSA) is 26.0 Å². The van der Waals surface area contributed by atoms with Gasteiger partial charge in [0.15, 0.2) is 0 Å². The van der Waals surface area contributed by atoms with E-state index >= 15 is 0 Å². The van der Waals surface area contributed by atoms with Crippen LogP contribution in [0, 0.1) is 11.3 Å². The van der Waals surface area contributed by atoms with E-state index in [0.717, 1.165) is 12.8 Å². The van der Waals surface area contributed by atoms with Crippen molar-refractivity contribution in [3.63, 3.8) is 0 Å². The fourth-order valence-electron chi connectivity index (χ4n) is 3.44. The zero-order valence-electron chi connectivity index (χ0n) is 10.8. The van der Waals surface area contributed by atoms with E-state index in [9.17, 15) is 0 Å². The molecular weight excluding hydrogens is 194 g/mol. The molecule has 0 bridgehead atoms. The zero-order valence-corrected chi connectivity index (χ0v) is 10.8. The Kier molecular flexibility index (Phi) is 5.27. The molecule has 1 fully saturated rings. The smallest absolute Gasteiger partial charge is 0.00419 e. The Labute approximate surface area is 101 Å². The van der Waals surface area contributed by atoms with E-state index in [4.69, 9.17) is 5.73 Å². The van der Waals surface area contributed by atoms with E-state index in [1.807, 2.05) is 0 Å². The van der Waals surface area contributed by atoms with Gasteiger partial charge in [-0.15, -0.1) is 13.2 Å². The Hall–Kier alpha value is -0.560. The van der Waals surface area contributed by atoms with E-state index in [1.54, 1.807) is 0 Å². The van der Waals surface area contributed by atoms with E-state index in [2.05, 4.69) is 32.2 Å². The van der Waals surface area contributed by atoms with Gasteiger partial charge in [0.1, 0.15) is 0 Å². The van der Waals surface area contributed by atoms with Crippen molar-refractivity contribution in [2.24, 2.45) is 17.1 Å². The Bertz CT molecular complexity index is 234. The van der Waals surface area contributed by atoms with Crippen LogP contribution in [0.15, 0.2) is 25.3 Å².